The van der Waals surface area contributed by atoms with Crippen LogP contribution in [0.15, 0.2) is 48.5 Å². The maximum absolute atomic E-state index is 10.4. The first-order chi connectivity index (χ1) is 9.66. The minimum atomic E-state index is -0.730. The molecule has 2 aromatic rings. The Kier molecular flexibility index (Phi) is 3.70. The van der Waals surface area contributed by atoms with E-state index in [2.05, 4.69) is 0 Å². The highest BCUT2D eigenvalue weighted by Gasteiger charge is 2.26. The summed E-state index contributed by atoms with van der Waals surface area (Å²) >= 11 is 12.1. The summed E-state index contributed by atoms with van der Waals surface area (Å²) in [5.74, 6) is 0.465. The van der Waals surface area contributed by atoms with Crippen LogP contribution in [0.4, 0.5) is 0 Å². The zero-order chi connectivity index (χ0) is 14.1. The molecule has 2 aromatic carbocycles. The summed E-state index contributed by atoms with van der Waals surface area (Å²) < 4.78 is 5.78. The Morgan fingerprint density at radius 3 is 2.65 bits per heavy atom. The number of fused-ring (bicyclic) bond motifs is 1. The average Bonchev–Trinajstić information content (AvgIpc) is 2.47. The van der Waals surface area contributed by atoms with Crippen molar-refractivity contribution in [3.63, 3.8) is 0 Å². The van der Waals surface area contributed by atoms with Gasteiger partial charge in [-0.2, -0.15) is 0 Å². The van der Waals surface area contributed by atoms with E-state index in [1.165, 1.54) is 0 Å². The van der Waals surface area contributed by atoms with Crippen LogP contribution in [0.2, 0.25) is 10.0 Å². The third-order valence-corrected chi connectivity index (χ3v) is 4.07. The first-order valence-corrected chi connectivity index (χ1v) is 6.98. The Morgan fingerprint density at radius 1 is 1.00 bits per heavy atom. The molecule has 2 nitrogen and oxygen atoms in total. The highest BCUT2D eigenvalue weighted by molar-refractivity contribution is 6.42. The topological polar surface area (TPSA) is 29.5 Å². The Balaban J connectivity index is 1.89. The van der Waals surface area contributed by atoms with E-state index in [0.717, 1.165) is 11.1 Å². The summed E-state index contributed by atoms with van der Waals surface area (Å²) in [5.41, 5.74) is 1.84. The van der Waals surface area contributed by atoms with Crippen molar-refractivity contribution < 1.29 is 9.84 Å². The minimum absolute atomic E-state index is 0.355. The minimum Gasteiger partial charge on any atom is -0.482 e. The lowest BCUT2D eigenvalue weighted by molar-refractivity contribution is 0.0624. The van der Waals surface area contributed by atoms with Gasteiger partial charge in [0.25, 0.3) is 0 Å². The molecule has 0 heterocycles. The number of benzene rings is 2. The van der Waals surface area contributed by atoms with E-state index in [1.54, 1.807) is 18.2 Å². The molecule has 0 spiro atoms. The molecule has 4 heteroatoms. The van der Waals surface area contributed by atoms with E-state index in [4.69, 9.17) is 27.9 Å². The van der Waals surface area contributed by atoms with Gasteiger partial charge in [-0.15, -0.1) is 0 Å². The van der Waals surface area contributed by atoms with Crippen LogP contribution in [0.1, 0.15) is 17.2 Å². The van der Waals surface area contributed by atoms with E-state index in [1.807, 2.05) is 36.4 Å². The van der Waals surface area contributed by atoms with Gasteiger partial charge in [0.05, 0.1) is 5.02 Å². The molecule has 2 atom stereocenters. The number of halogens is 2. The van der Waals surface area contributed by atoms with Crippen molar-refractivity contribution in [1.82, 2.24) is 0 Å². The third-order valence-electron chi connectivity index (χ3n) is 3.27. The van der Waals surface area contributed by atoms with Crippen LogP contribution in [-0.2, 0) is 0 Å². The number of aliphatic hydroxyl groups excluding tert-OH is 1. The monoisotopic (exact) mass is 306 g/mol. The molecule has 0 amide bonds. The van der Waals surface area contributed by atoms with Crippen molar-refractivity contribution in [3.05, 3.63) is 69.7 Å². The molecule has 1 aliphatic carbocycles. The van der Waals surface area contributed by atoms with Crippen molar-refractivity contribution >= 4 is 29.3 Å². The van der Waals surface area contributed by atoms with Gasteiger partial charge in [-0.3, -0.25) is 0 Å². The van der Waals surface area contributed by atoms with Gasteiger partial charge in [-0.05, 0) is 29.3 Å². The lowest BCUT2D eigenvalue weighted by Gasteiger charge is -2.26. The fraction of sp³-hybridized carbons (Fsp3) is 0.125. The number of hydrogen-bond donors (Lipinski definition) is 1. The summed E-state index contributed by atoms with van der Waals surface area (Å²) in [6, 6.07) is 12.9. The van der Waals surface area contributed by atoms with Crippen LogP contribution in [0.5, 0.6) is 5.75 Å². The zero-order valence-electron chi connectivity index (χ0n) is 10.5. The molecular weight excluding hydrogens is 295 g/mol. The molecule has 20 heavy (non-hydrogen) atoms. The predicted octanol–water partition coefficient (Wildman–Crippen LogP) is 4.50. The first kappa shape index (κ1) is 13.5. The second-order valence-electron chi connectivity index (χ2n) is 4.57. The molecule has 0 radical (unpaired) electrons. The van der Waals surface area contributed by atoms with Crippen LogP contribution in [0.3, 0.4) is 0 Å². The Morgan fingerprint density at radius 2 is 1.80 bits per heavy atom. The van der Waals surface area contributed by atoms with Gasteiger partial charge in [0.1, 0.15) is 23.0 Å². The molecule has 0 saturated carbocycles. The van der Waals surface area contributed by atoms with E-state index in [9.17, 15) is 5.11 Å². The summed E-state index contributed by atoms with van der Waals surface area (Å²) in [6.07, 6.45) is 2.54. The largest absolute Gasteiger partial charge is 0.482 e. The van der Waals surface area contributed by atoms with Crippen LogP contribution in [0.25, 0.3) is 6.08 Å². The molecule has 0 aliphatic heterocycles. The second-order valence-corrected chi connectivity index (χ2v) is 5.35. The molecule has 102 valence electrons. The fourth-order valence-electron chi connectivity index (χ4n) is 2.24. The molecule has 3 rings (SSSR count). The van der Waals surface area contributed by atoms with Crippen molar-refractivity contribution in [2.45, 2.75) is 12.2 Å². The van der Waals surface area contributed by atoms with Gasteiger partial charge in [0.2, 0.25) is 0 Å². The molecular formula is C16H12Cl2O2. The molecule has 0 fully saturated rings. The molecule has 0 unspecified atom stereocenters. The highest BCUT2D eigenvalue weighted by Crippen LogP contribution is 2.35. The normalized spacial score (nSPS) is 20.6. The third kappa shape index (κ3) is 2.42. The van der Waals surface area contributed by atoms with E-state index < -0.39 is 12.2 Å². The standard InChI is InChI=1S/C16H12Cl2O2/c17-12-6-3-7-13(15(12)18)20-14-9-8-10-4-1-2-5-11(10)16(14)19/h1-9,14,16,19H/t14-,16-/m0/s1. The van der Waals surface area contributed by atoms with Gasteiger partial charge < -0.3 is 9.84 Å². The lowest BCUT2D eigenvalue weighted by Crippen LogP contribution is -2.26. The van der Waals surface area contributed by atoms with E-state index >= 15 is 0 Å². The maximum Gasteiger partial charge on any atom is 0.147 e. The van der Waals surface area contributed by atoms with Gasteiger partial charge >= 0.3 is 0 Å². The second kappa shape index (κ2) is 5.49. The maximum atomic E-state index is 10.4. The van der Waals surface area contributed by atoms with E-state index in [0.29, 0.717) is 15.8 Å². The average molecular weight is 307 g/mol. The summed E-state index contributed by atoms with van der Waals surface area (Å²) in [6.45, 7) is 0. The van der Waals surface area contributed by atoms with Gasteiger partial charge in [-0.1, -0.05) is 59.6 Å². The fourth-order valence-corrected chi connectivity index (χ4v) is 2.57. The summed E-state index contributed by atoms with van der Waals surface area (Å²) in [5, 5.41) is 11.2. The first-order valence-electron chi connectivity index (χ1n) is 6.22. The predicted molar refractivity (Wildman–Crippen MR) is 81.3 cm³/mol. The number of ether oxygens (including phenoxy) is 1. The van der Waals surface area contributed by atoms with Crippen molar-refractivity contribution in [3.8, 4) is 5.75 Å². The van der Waals surface area contributed by atoms with Crippen molar-refractivity contribution in [1.29, 1.82) is 0 Å². The van der Waals surface area contributed by atoms with Gasteiger partial charge in [0.15, 0.2) is 0 Å². The smallest absolute Gasteiger partial charge is 0.147 e. The Bertz CT molecular complexity index is 667. The number of rotatable bonds is 2. The molecule has 0 bridgehead atoms. The van der Waals surface area contributed by atoms with Crippen LogP contribution in [-0.4, -0.2) is 11.2 Å². The molecule has 0 saturated heterocycles. The summed E-state index contributed by atoms with van der Waals surface area (Å²) in [7, 11) is 0. The van der Waals surface area contributed by atoms with Crippen LogP contribution >= 0.6 is 23.2 Å². The molecule has 0 aromatic heterocycles. The van der Waals surface area contributed by atoms with Crippen LogP contribution in [0, 0.1) is 0 Å². The van der Waals surface area contributed by atoms with Gasteiger partial charge in [-0.25, -0.2) is 0 Å². The SMILES string of the molecule is O[C@H]1c2ccccc2C=C[C@@H]1Oc1cccc(Cl)c1Cl. The van der Waals surface area contributed by atoms with Crippen LogP contribution < -0.4 is 4.74 Å². The lowest BCUT2D eigenvalue weighted by atomic mass is 9.93. The Labute approximate surface area is 127 Å². The molecule has 1 aliphatic rings. The quantitative estimate of drug-likeness (QED) is 0.885. The van der Waals surface area contributed by atoms with Crippen molar-refractivity contribution in [2.24, 2.45) is 0 Å². The highest BCUT2D eigenvalue weighted by atomic mass is 35.5. The van der Waals surface area contributed by atoms with E-state index in [-0.39, 0.29) is 0 Å². The zero-order valence-corrected chi connectivity index (χ0v) is 12.0. The summed E-state index contributed by atoms with van der Waals surface area (Å²) in [4.78, 5) is 0. The number of aliphatic hydroxyl groups is 1. The van der Waals surface area contributed by atoms with Crippen molar-refractivity contribution in [2.75, 3.05) is 0 Å². The number of hydrogen-bond acceptors (Lipinski definition) is 2. The Hall–Kier alpha value is -1.48. The molecule has 1 N–H and O–H groups in total. The van der Waals surface area contributed by atoms with Gasteiger partial charge in [0, 0.05) is 0 Å².